The lowest BCUT2D eigenvalue weighted by molar-refractivity contribution is -0.147. The van der Waals surface area contributed by atoms with E-state index in [1.807, 2.05) is 37.4 Å². The van der Waals surface area contributed by atoms with Gasteiger partial charge in [0.05, 0.1) is 19.1 Å². The summed E-state index contributed by atoms with van der Waals surface area (Å²) in [5, 5.41) is 16.9. The van der Waals surface area contributed by atoms with Gasteiger partial charge in [-0.05, 0) is 38.3 Å². The number of hydrogen-bond acceptors (Lipinski definition) is 5. The minimum absolute atomic E-state index is 0. The van der Waals surface area contributed by atoms with Crippen molar-refractivity contribution in [1.82, 2.24) is 10.6 Å². The summed E-state index contributed by atoms with van der Waals surface area (Å²) < 4.78 is 4.89. The molecule has 0 saturated heterocycles. The number of nitrogens with one attached hydrogen (secondary N) is 2. The third-order valence-corrected chi connectivity index (χ3v) is 7.60. The molecule has 6 atom stereocenters. The van der Waals surface area contributed by atoms with E-state index in [0.29, 0.717) is 19.3 Å². The predicted molar refractivity (Wildman–Crippen MR) is 123 cm³/mol. The SMILES string of the molecule is CNC1CCCCC12CC(O)C(C(=O)N[C@@H](Cc1ccccc1)C(=O)OC)CC2Cl.Cl. The van der Waals surface area contributed by atoms with Crippen molar-refractivity contribution in [2.24, 2.45) is 11.3 Å². The lowest BCUT2D eigenvalue weighted by atomic mass is 9.59. The number of amides is 1. The Hall–Kier alpha value is -1.34. The van der Waals surface area contributed by atoms with Crippen molar-refractivity contribution in [3.05, 3.63) is 35.9 Å². The van der Waals surface area contributed by atoms with Crippen LogP contribution >= 0.6 is 24.0 Å². The fourth-order valence-electron chi connectivity index (χ4n) is 5.34. The number of benzene rings is 1. The van der Waals surface area contributed by atoms with Crippen LogP contribution in [0.15, 0.2) is 30.3 Å². The number of halogens is 2. The first-order valence-corrected chi connectivity index (χ1v) is 11.3. The smallest absolute Gasteiger partial charge is 0.328 e. The predicted octanol–water partition coefficient (Wildman–Crippen LogP) is 2.84. The summed E-state index contributed by atoms with van der Waals surface area (Å²) >= 11 is 6.86. The Morgan fingerprint density at radius 2 is 2.00 bits per heavy atom. The molecule has 1 aromatic carbocycles. The molecule has 6 nitrogen and oxygen atoms in total. The van der Waals surface area contributed by atoms with E-state index >= 15 is 0 Å². The number of hydrogen-bond donors (Lipinski definition) is 3. The highest BCUT2D eigenvalue weighted by Gasteiger charge is 2.53. The Kier molecular flexibility index (Phi) is 9.62. The van der Waals surface area contributed by atoms with Gasteiger partial charge in [0.25, 0.3) is 0 Å². The maximum Gasteiger partial charge on any atom is 0.328 e. The van der Waals surface area contributed by atoms with E-state index in [-0.39, 0.29) is 35.1 Å². The van der Waals surface area contributed by atoms with Gasteiger partial charge in [-0.1, -0.05) is 43.2 Å². The van der Waals surface area contributed by atoms with E-state index < -0.39 is 24.0 Å². The molecule has 3 rings (SSSR count). The van der Waals surface area contributed by atoms with Crippen molar-refractivity contribution in [2.45, 2.75) is 68.5 Å². The first kappa shape index (κ1) is 25.9. The Morgan fingerprint density at radius 1 is 1.29 bits per heavy atom. The topological polar surface area (TPSA) is 87.7 Å². The molecule has 8 heteroatoms. The lowest BCUT2D eigenvalue weighted by Gasteiger charge is -2.52. The molecule has 0 radical (unpaired) electrons. The molecule has 0 aliphatic heterocycles. The summed E-state index contributed by atoms with van der Waals surface area (Å²) in [6.07, 6.45) is 4.66. The first-order chi connectivity index (χ1) is 14.4. The Labute approximate surface area is 195 Å². The minimum atomic E-state index is -0.804. The number of methoxy groups -OCH3 is 1. The van der Waals surface area contributed by atoms with E-state index in [4.69, 9.17) is 16.3 Å². The second-order valence-electron chi connectivity index (χ2n) is 8.68. The van der Waals surface area contributed by atoms with Gasteiger partial charge in [0.1, 0.15) is 6.04 Å². The van der Waals surface area contributed by atoms with Gasteiger partial charge in [-0.15, -0.1) is 24.0 Å². The molecular formula is C23H34Cl2N2O4. The van der Waals surface area contributed by atoms with Gasteiger partial charge in [-0.3, -0.25) is 4.79 Å². The molecule has 2 aliphatic carbocycles. The zero-order valence-corrected chi connectivity index (χ0v) is 19.8. The number of alkyl halides is 1. The van der Waals surface area contributed by atoms with Gasteiger partial charge in [-0.25, -0.2) is 4.79 Å². The van der Waals surface area contributed by atoms with Crippen LogP contribution in [0.4, 0.5) is 0 Å². The van der Waals surface area contributed by atoms with Gasteiger partial charge in [0.2, 0.25) is 5.91 Å². The summed E-state index contributed by atoms with van der Waals surface area (Å²) in [5.41, 5.74) is 0.724. The van der Waals surface area contributed by atoms with Crippen molar-refractivity contribution in [1.29, 1.82) is 0 Å². The maximum atomic E-state index is 13.0. The molecule has 31 heavy (non-hydrogen) atoms. The minimum Gasteiger partial charge on any atom is -0.467 e. The third kappa shape index (κ3) is 5.72. The molecule has 2 aliphatic rings. The Bertz CT molecular complexity index is 736. The van der Waals surface area contributed by atoms with Crippen molar-refractivity contribution in [2.75, 3.05) is 14.2 Å². The van der Waals surface area contributed by atoms with Crippen molar-refractivity contribution >= 4 is 35.9 Å². The quantitative estimate of drug-likeness (QED) is 0.437. The normalized spacial score (nSPS) is 31.4. The standard InChI is InChI=1S/C23H33ClN2O4.ClH/c1-25-20-10-6-7-11-23(20)14-18(27)16(13-19(23)24)21(28)26-17(22(29)30-2)12-15-8-4-3-5-9-15;/h3-5,8-9,16-20,25,27H,6-7,10-14H2,1-2H3,(H,26,28);1H/t16?,17-,18?,19?,20?,23?;/m0./s1. The zero-order chi connectivity index (χ0) is 21.7. The number of carbonyl (C=O) groups excluding carboxylic acids is 2. The van der Waals surface area contributed by atoms with E-state index in [0.717, 1.165) is 31.2 Å². The van der Waals surface area contributed by atoms with Crippen LogP contribution in [0.5, 0.6) is 0 Å². The van der Waals surface area contributed by atoms with Crippen LogP contribution in [0.3, 0.4) is 0 Å². The number of rotatable bonds is 6. The summed E-state index contributed by atoms with van der Waals surface area (Å²) in [6, 6.07) is 8.91. The second-order valence-corrected chi connectivity index (χ2v) is 9.20. The average molecular weight is 473 g/mol. The largest absolute Gasteiger partial charge is 0.467 e. The fraction of sp³-hybridized carbons (Fsp3) is 0.652. The van der Waals surface area contributed by atoms with Crippen LogP contribution in [-0.4, -0.2) is 54.7 Å². The van der Waals surface area contributed by atoms with Gasteiger partial charge < -0.3 is 20.5 Å². The number of carbonyl (C=O) groups is 2. The molecule has 1 spiro atoms. The van der Waals surface area contributed by atoms with Gasteiger partial charge in [0.15, 0.2) is 0 Å². The number of aliphatic hydroxyl groups excluding tert-OH is 1. The summed E-state index contributed by atoms with van der Waals surface area (Å²) in [4.78, 5) is 25.3. The zero-order valence-electron chi connectivity index (χ0n) is 18.2. The molecule has 1 amide bonds. The maximum absolute atomic E-state index is 13.0. The van der Waals surface area contributed by atoms with Crippen LogP contribution in [0.1, 0.15) is 44.1 Å². The molecule has 0 bridgehead atoms. The molecule has 3 N–H and O–H groups in total. The van der Waals surface area contributed by atoms with Crippen LogP contribution in [0.25, 0.3) is 0 Å². The number of ether oxygens (including phenoxy) is 1. The van der Waals surface area contributed by atoms with Crippen LogP contribution in [-0.2, 0) is 20.7 Å². The molecule has 0 heterocycles. The monoisotopic (exact) mass is 472 g/mol. The van der Waals surface area contributed by atoms with Crippen LogP contribution < -0.4 is 10.6 Å². The van der Waals surface area contributed by atoms with Crippen LogP contribution in [0.2, 0.25) is 0 Å². The van der Waals surface area contributed by atoms with Crippen molar-refractivity contribution < 1.29 is 19.4 Å². The Morgan fingerprint density at radius 3 is 2.65 bits per heavy atom. The molecule has 5 unspecified atom stereocenters. The lowest BCUT2D eigenvalue weighted by Crippen LogP contribution is -2.59. The van der Waals surface area contributed by atoms with E-state index in [1.54, 1.807) is 0 Å². The second kappa shape index (κ2) is 11.5. The highest BCUT2D eigenvalue weighted by molar-refractivity contribution is 6.21. The Balaban J connectivity index is 0.00000341. The van der Waals surface area contributed by atoms with Crippen molar-refractivity contribution in [3.8, 4) is 0 Å². The van der Waals surface area contributed by atoms with Gasteiger partial charge in [0, 0.05) is 23.3 Å². The van der Waals surface area contributed by atoms with Crippen molar-refractivity contribution in [3.63, 3.8) is 0 Å². The molecular weight excluding hydrogens is 439 g/mol. The van der Waals surface area contributed by atoms with Gasteiger partial charge in [-0.2, -0.15) is 0 Å². The molecule has 174 valence electrons. The van der Waals surface area contributed by atoms with Gasteiger partial charge >= 0.3 is 5.97 Å². The van der Waals surface area contributed by atoms with E-state index in [2.05, 4.69) is 10.6 Å². The number of esters is 1. The highest BCUT2D eigenvalue weighted by atomic mass is 35.5. The number of aliphatic hydroxyl groups is 1. The van der Waals surface area contributed by atoms with Crippen LogP contribution in [0, 0.1) is 11.3 Å². The first-order valence-electron chi connectivity index (χ1n) is 10.8. The highest BCUT2D eigenvalue weighted by Crippen LogP contribution is 2.51. The molecule has 1 aromatic rings. The average Bonchev–Trinajstić information content (AvgIpc) is 2.76. The molecule has 2 saturated carbocycles. The summed E-state index contributed by atoms with van der Waals surface area (Å²) in [5.74, 6) is -1.48. The van der Waals surface area contributed by atoms with E-state index in [9.17, 15) is 14.7 Å². The molecule has 0 aromatic heterocycles. The third-order valence-electron chi connectivity index (χ3n) is 6.99. The van der Waals surface area contributed by atoms with E-state index in [1.165, 1.54) is 7.11 Å². The summed E-state index contributed by atoms with van der Waals surface area (Å²) in [7, 11) is 3.25. The fourth-order valence-corrected chi connectivity index (χ4v) is 5.88. The molecule has 2 fully saturated rings. The summed E-state index contributed by atoms with van der Waals surface area (Å²) in [6.45, 7) is 0.